The number of hydrogen-bond donors (Lipinski definition) is 0. The van der Waals surface area contributed by atoms with Crippen molar-refractivity contribution in [2.24, 2.45) is 0 Å². The standard InChI is InChI=1S/C65H42N2/c66-43-44-24-35-53(36-25-44)67(54-37-30-47(31-38-54)45-12-2-1-3-13-45)55-39-32-48(33-40-55)46-26-28-49(29-27-46)52-34-41-62-63(42-52)65(59-23-11-17-51-15-5-7-19-57(51)59)61-21-9-8-20-60(61)64(62)58-22-10-16-50-14-4-6-18-56(50)58/h1-42H. The van der Waals surface area contributed by atoms with Crippen molar-refractivity contribution in [1.29, 1.82) is 5.26 Å². The Balaban J connectivity index is 0.945. The van der Waals surface area contributed by atoms with Gasteiger partial charge in [0.15, 0.2) is 0 Å². The largest absolute Gasteiger partial charge is 0.311 e. The van der Waals surface area contributed by atoms with Crippen LogP contribution in [0.4, 0.5) is 17.1 Å². The SMILES string of the molecule is N#Cc1ccc(N(c2ccc(-c3ccccc3)cc2)c2ccc(-c3ccc(-c4ccc5c(-c6cccc7ccccc67)c6ccccc6c(-c6cccc7ccccc67)c5c4)cc3)cc2)cc1. The Hall–Kier alpha value is -9.03. The van der Waals surface area contributed by atoms with Gasteiger partial charge in [0.2, 0.25) is 0 Å². The van der Waals surface area contributed by atoms with Crippen LogP contribution < -0.4 is 4.90 Å². The average molecular weight is 851 g/mol. The van der Waals surface area contributed by atoms with E-state index in [1.807, 2.05) is 30.3 Å². The fraction of sp³-hybridized carbons (Fsp3) is 0. The van der Waals surface area contributed by atoms with E-state index < -0.39 is 0 Å². The second-order valence-corrected chi connectivity index (χ2v) is 17.1. The summed E-state index contributed by atoms with van der Waals surface area (Å²) in [5.41, 5.74) is 15.7. The maximum absolute atomic E-state index is 9.54. The first-order chi connectivity index (χ1) is 33.2. The van der Waals surface area contributed by atoms with E-state index in [-0.39, 0.29) is 0 Å². The number of hydrogen-bond acceptors (Lipinski definition) is 2. The van der Waals surface area contributed by atoms with E-state index >= 15 is 0 Å². The third-order valence-electron chi connectivity index (χ3n) is 13.3. The lowest BCUT2D eigenvalue weighted by molar-refractivity contribution is 1.28. The smallest absolute Gasteiger partial charge is 0.0991 e. The van der Waals surface area contributed by atoms with Crippen molar-refractivity contribution in [2.45, 2.75) is 0 Å². The van der Waals surface area contributed by atoms with Gasteiger partial charge in [0, 0.05) is 17.1 Å². The molecule has 312 valence electrons. The number of fused-ring (bicyclic) bond motifs is 4. The van der Waals surface area contributed by atoms with Gasteiger partial charge < -0.3 is 4.90 Å². The molecule has 0 amide bonds. The molecule has 0 atom stereocenters. The maximum atomic E-state index is 9.54. The van der Waals surface area contributed by atoms with E-state index in [9.17, 15) is 5.26 Å². The fourth-order valence-corrected chi connectivity index (χ4v) is 10.0. The first-order valence-electron chi connectivity index (χ1n) is 22.8. The summed E-state index contributed by atoms with van der Waals surface area (Å²) in [4.78, 5) is 2.24. The number of rotatable bonds is 8. The van der Waals surface area contributed by atoms with E-state index in [1.165, 1.54) is 76.5 Å². The quantitative estimate of drug-likeness (QED) is 0.142. The fourth-order valence-electron chi connectivity index (χ4n) is 10.0. The summed E-state index contributed by atoms with van der Waals surface area (Å²) in [6.07, 6.45) is 0. The van der Waals surface area contributed by atoms with Crippen LogP contribution >= 0.6 is 0 Å². The molecule has 0 heterocycles. The van der Waals surface area contributed by atoms with E-state index in [1.54, 1.807) is 0 Å². The highest BCUT2D eigenvalue weighted by molar-refractivity contribution is 6.25. The molecule has 0 spiro atoms. The molecule has 0 N–H and O–H groups in total. The Morgan fingerprint density at radius 1 is 0.269 bits per heavy atom. The van der Waals surface area contributed by atoms with Crippen molar-refractivity contribution in [1.82, 2.24) is 0 Å². The molecule has 0 aliphatic carbocycles. The minimum atomic E-state index is 0.634. The average Bonchev–Trinajstić information content (AvgIpc) is 3.41. The normalized spacial score (nSPS) is 11.3. The van der Waals surface area contributed by atoms with Crippen LogP contribution in [0.1, 0.15) is 5.56 Å². The van der Waals surface area contributed by atoms with Crippen molar-refractivity contribution in [3.8, 4) is 61.7 Å². The Labute approximate surface area is 390 Å². The van der Waals surface area contributed by atoms with Crippen LogP contribution in [0.5, 0.6) is 0 Å². The summed E-state index contributed by atoms with van der Waals surface area (Å²) in [7, 11) is 0. The zero-order valence-corrected chi connectivity index (χ0v) is 36.6. The minimum absolute atomic E-state index is 0.634. The monoisotopic (exact) mass is 850 g/mol. The molecule has 12 aromatic carbocycles. The molecular weight excluding hydrogens is 809 g/mol. The summed E-state index contributed by atoms with van der Waals surface area (Å²) < 4.78 is 0. The van der Waals surface area contributed by atoms with Crippen molar-refractivity contribution >= 4 is 60.2 Å². The molecule has 0 aliphatic rings. The van der Waals surface area contributed by atoms with Gasteiger partial charge in [0.25, 0.3) is 0 Å². The zero-order valence-electron chi connectivity index (χ0n) is 36.6. The Morgan fingerprint density at radius 2 is 0.627 bits per heavy atom. The van der Waals surface area contributed by atoms with Crippen LogP contribution in [0.25, 0.3) is 98.7 Å². The number of benzene rings is 12. The van der Waals surface area contributed by atoms with Crippen molar-refractivity contribution < 1.29 is 0 Å². The summed E-state index contributed by atoms with van der Waals surface area (Å²) in [6, 6.07) is 93.8. The molecule has 67 heavy (non-hydrogen) atoms. The predicted molar refractivity (Wildman–Crippen MR) is 283 cm³/mol. The second-order valence-electron chi connectivity index (χ2n) is 17.1. The molecule has 2 heteroatoms. The molecule has 0 radical (unpaired) electrons. The van der Waals surface area contributed by atoms with Gasteiger partial charge in [-0.2, -0.15) is 5.26 Å². The first kappa shape index (κ1) is 39.6. The van der Waals surface area contributed by atoms with Crippen molar-refractivity contribution in [3.63, 3.8) is 0 Å². The molecule has 0 saturated heterocycles. The van der Waals surface area contributed by atoms with Crippen LogP contribution in [0.15, 0.2) is 255 Å². The maximum Gasteiger partial charge on any atom is 0.0991 e. The van der Waals surface area contributed by atoms with Crippen LogP contribution in [0.3, 0.4) is 0 Å². The minimum Gasteiger partial charge on any atom is -0.311 e. The van der Waals surface area contributed by atoms with E-state index in [4.69, 9.17) is 0 Å². The lowest BCUT2D eigenvalue weighted by Gasteiger charge is -2.26. The molecule has 2 nitrogen and oxygen atoms in total. The van der Waals surface area contributed by atoms with Gasteiger partial charge in [-0.15, -0.1) is 0 Å². The van der Waals surface area contributed by atoms with Crippen LogP contribution in [-0.4, -0.2) is 0 Å². The zero-order chi connectivity index (χ0) is 44.7. The molecule has 0 aliphatic heterocycles. The topological polar surface area (TPSA) is 27.0 Å². The molecule has 0 saturated carbocycles. The van der Waals surface area contributed by atoms with Crippen LogP contribution in [0, 0.1) is 11.3 Å². The number of nitrogens with zero attached hydrogens (tertiary/aromatic N) is 2. The van der Waals surface area contributed by atoms with E-state index in [2.05, 4.69) is 235 Å². The number of anilines is 3. The third kappa shape index (κ3) is 7.17. The lowest BCUT2D eigenvalue weighted by Crippen LogP contribution is -2.09. The van der Waals surface area contributed by atoms with Gasteiger partial charge in [0.1, 0.15) is 0 Å². The summed E-state index contributed by atoms with van der Waals surface area (Å²) in [5, 5.41) is 19.5. The van der Waals surface area contributed by atoms with Crippen LogP contribution in [-0.2, 0) is 0 Å². The van der Waals surface area contributed by atoms with Gasteiger partial charge in [-0.1, -0.05) is 200 Å². The lowest BCUT2D eigenvalue weighted by atomic mass is 9.83. The van der Waals surface area contributed by atoms with Gasteiger partial charge in [-0.25, -0.2) is 0 Å². The third-order valence-corrected chi connectivity index (χ3v) is 13.3. The summed E-state index contributed by atoms with van der Waals surface area (Å²) in [6.45, 7) is 0. The summed E-state index contributed by atoms with van der Waals surface area (Å²) >= 11 is 0. The Bertz CT molecular complexity index is 3820. The number of nitriles is 1. The van der Waals surface area contributed by atoms with Crippen molar-refractivity contribution in [2.75, 3.05) is 4.90 Å². The van der Waals surface area contributed by atoms with Gasteiger partial charge in [-0.3, -0.25) is 0 Å². The van der Waals surface area contributed by atoms with Crippen LogP contribution in [0.2, 0.25) is 0 Å². The molecular formula is C65H42N2. The highest BCUT2D eigenvalue weighted by Gasteiger charge is 2.20. The van der Waals surface area contributed by atoms with Gasteiger partial charge >= 0.3 is 0 Å². The highest BCUT2D eigenvalue weighted by atomic mass is 15.1. The van der Waals surface area contributed by atoms with Gasteiger partial charge in [-0.05, 0) is 153 Å². The molecule has 0 aromatic heterocycles. The molecule has 0 bridgehead atoms. The van der Waals surface area contributed by atoms with E-state index in [0.717, 1.165) is 39.3 Å². The molecule has 0 fully saturated rings. The second kappa shape index (κ2) is 16.8. The van der Waals surface area contributed by atoms with Gasteiger partial charge in [0.05, 0.1) is 11.6 Å². The Kier molecular flexibility index (Phi) is 9.94. The van der Waals surface area contributed by atoms with E-state index in [0.29, 0.717) is 5.56 Å². The van der Waals surface area contributed by atoms with Crippen molar-refractivity contribution in [3.05, 3.63) is 260 Å². The predicted octanol–water partition coefficient (Wildman–Crippen LogP) is 18.0. The highest BCUT2D eigenvalue weighted by Crippen LogP contribution is 2.48. The molecule has 0 unspecified atom stereocenters. The Morgan fingerprint density at radius 3 is 1.13 bits per heavy atom. The summed E-state index contributed by atoms with van der Waals surface area (Å²) in [5.74, 6) is 0. The molecule has 12 rings (SSSR count). The molecule has 12 aromatic rings. The first-order valence-corrected chi connectivity index (χ1v) is 22.8.